The van der Waals surface area contributed by atoms with Crippen molar-refractivity contribution in [1.82, 2.24) is 0 Å². The zero-order valence-corrected chi connectivity index (χ0v) is 8.20. The van der Waals surface area contributed by atoms with Gasteiger partial charge in [-0.2, -0.15) is 5.26 Å². The van der Waals surface area contributed by atoms with E-state index in [1.807, 2.05) is 6.07 Å². The molecule has 1 aromatic rings. The maximum atomic E-state index is 13.4. The molecule has 0 fully saturated rings. The van der Waals surface area contributed by atoms with Gasteiger partial charge in [0.1, 0.15) is 5.82 Å². The van der Waals surface area contributed by atoms with E-state index in [0.29, 0.717) is 0 Å². The monoisotopic (exact) mass is 207 g/mol. The molecule has 0 spiro atoms. The minimum absolute atomic E-state index is 0.0666. The third-order valence-electron chi connectivity index (χ3n) is 1.88. The summed E-state index contributed by atoms with van der Waals surface area (Å²) in [5.74, 6) is -1.08. The van der Waals surface area contributed by atoms with Crippen molar-refractivity contribution in [3.8, 4) is 6.07 Å². The number of primary amides is 1. The van der Waals surface area contributed by atoms with Crippen LogP contribution in [0.1, 0.15) is 5.56 Å². The van der Waals surface area contributed by atoms with Crippen molar-refractivity contribution >= 4 is 11.6 Å². The van der Waals surface area contributed by atoms with Crippen molar-refractivity contribution in [3.05, 3.63) is 29.6 Å². The molecule has 5 heteroatoms. The molecule has 0 radical (unpaired) electrons. The van der Waals surface area contributed by atoms with Crippen LogP contribution in [0.3, 0.4) is 0 Å². The third-order valence-corrected chi connectivity index (χ3v) is 1.88. The van der Waals surface area contributed by atoms with Crippen LogP contribution in [0.15, 0.2) is 18.2 Å². The number of carbonyl (C=O) groups is 1. The Kier molecular flexibility index (Phi) is 3.24. The largest absolute Gasteiger partial charge is 0.368 e. The Morgan fingerprint density at radius 1 is 1.67 bits per heavy atom. The Labute approximate surface area is 86.7 Å². The van der Waals surface area contributed by atoms with E-state index in [2.05, 4.69) is 0 Å². The van der Waals surface area contributed by atoms with Crippen molar-refractivity contribution in [1.29, 1.82) is 5.26 Å². The van der Waals surface area contributed by atoms with Crippen LogP contribution in [0.5, 0.6) is 0 Å². The lowest BCUT2D eigenvalue weighted by Crippen LogP contribution is -2.31. The van der Waals surface area contributed by atoms with Gasteiger partial charge in [0.2, 0.25) is 5.91 Å². The maximum Gasteiger partial charge on any atom is 0.236 e. The van der Waals surface area contributed by atoms with Gasteiger partial charge in [-0.25, -0.2) is 4.39 Å². The Morgan fingerprint density at radius 2 is 2.33 bits per heavy atom. The highest BCUT2D eigenvalue weighted by molar-refractivity contribution is 5.79. The molecule has 0 atom stereocenters. The van der Waals surface area contributed by atoms with Crippen molar-refractivity contribution in [2.24, 2.45) is 5.73 Å². The number of rotatable bonds is 3. The molecule has 1 rings (SSSR count). The molecule has 0 saturated heterocycles. The lowest BCUT2D eigenvalue weighted by Gasteiger charge is -2.17. The molecule has 0 saturated carbocycles. The lowest BCUT2D eigenvalue weighted by molar-refractivity contribution is -0.116. The first kappa shape index (κ1) is 11.0. The van der Waals surface area contributed by atoms with Gasteiger partial charge in [0.15, 0.2) is 0 Å². The first-order chi connectivity index (χ1) is 7.04. The number of nitrogens with two attached hydrogens (primary N) is 1. The molecule has 15 heavy (non-hydrogen) atoms. The number of nitriles is 1. The molecule has 1 aromatic carbocycles. The van der Waals surface area contributed by atoms with Crippen molar-refractivity contribution < 1.29 is 9.18 Å². The van der Waals surface area contributed by atoms with Crippen molar-refractivity contribution in [2.75, 3.05) is 18.5 Å². The zero-order chi connectivity index (χ0) is 11.4. The van der Waals surface area contributed by atoms with Gasteiger partial charge in [-0.05, 0) is 18.2 Å². The van der Waals surface area contributed by atoms with Crippen LogP contribution < -0.4 is 10.6 Å². The predicted molar refractivity (Wildman–Crippen MR) is 53.6 cm³/mol. The van der Waals surface area contributed by atoms with Gasteiger partial charge in [0, 0.05) is 7.05 Å². The van der Waals surface area contributed by atoms with Crippen molar-refractivity contribution in [2.45, 2.75) is 0 Å². The molecule has 0 heterocycles. The molecule has 0 aliphatic carbocycles. The van der Waals surface area contributed by atoms with E-state index in [4.69, 9.17) is 11.0 Å². The van der Waals surface area contributed by atoms with Gasteiger partial charge >= 0.3 is 0 Å². The van der Waals surface area contributed by atoms with E-state index in [9.17, 15) is 9.18 Å². The van der Waals surface area contributed by atoms with E-state index in [1.165, 1.54) is 17.0 Å². The highest BCUT2D eigenvalue weighted by Gasteiger charge is 2.09. The molecule has 0 aromatic heterocycles. The van der Waals surface area contributed by atoms with Crippen LogP contribution >= 0.6 is 0 Å². The van der Waals surface area contributed by atoms with Crippen LogP contribution in [0.2, 0.25) is 0 Å². The molecule has 0 aliphatic heterocycles. The molecule has 1 amide bonds. The Hall–Kier alpha value is -2.09. The van der Waals surface area contributed by atoms with Crippen LogP contribution in [0.4, 0.5) is 10.1 Å². The first-order valence-electron chi connectivity index (χ1n) is 4.23. The van der Waals surface area contributed by atoms with Gasteiger partial charge in [-0.1, -0.05) is 0 Å². The number of amides is 1. The number of nitrogens with zero attached hydrogens (tertiary/aromatic N) is 2. The quantitative estimate of drug-likeness (QED) is 0.789. The zero-order valence-electron chi connectivity index (χ0n) is 8.20. The average Bonchev–Trinajstić information content (AvgIpc) is 2.16. The summed E-state index contributed by atoms with van der Waals surface area (Å²) < 4.78 is 13.4. The second-order valence-electron chi connectivity index (χ2n) is 3.10. The number of likely N-dealkylation sites (N-methyl/N-ethyl adjacent to an activating group) is 1. The highest BCUT2D eigenvalue weighted by atomic mass is 19.1. The summed E-state index contributed by atoms with van der Waals surface area (Å²) in [6, 6.07) is 5.87. The summed E-state index contributed by atoms with van der Waals surface area (Å²) in [6.07, 6.45) is 0. The fraction of sp³-hybridized carbons (Fsp3) is 0.200. The van der Waals surface area contributed by atoms with Crippen LogP contribution in [0.25, 0.3) is 0 Å². The second-order valence-corrected chi connectivity index (χ2v) is 3.10. The summed E-state index contributed by atoms with van der Waals surface area (Å²) in [4.78, 5) is 12.0. The minimum atomic E-state index is -0.544. The molecule has 4 nitrogen and oxygen atoms in total. The SMILES string of the molecule is CN(CC(N)=O)c1ccc(C#N)cc1F. The van der Waals surface area contributed by atoms with E-state index in [1.54, 1.807) is 7.05 Å². The minimum Gasteiger partial charge on any atom is -0.368 e. The Balaban J connectivity index is 2.96. The number of anilines is 1. The van der Waals surface area contributed by atoms with E-state index < -0.39 is 11.7 Å². The highest BCUT2D eigenvalue weighted by Crippen LogP contribution is 2.18. The summed E-state index contributed by atoms with van der Waals surface area (Å²) in [5, 5.41) is 8.53. The van der Waals surface area contributed by atoms with Gasteiger partial charge in [-0.15, -0.1) is 0 Å². The number of carbonyl (C=O) groups excluding carboxylic acids is 1. The normalized spacial score (nSPS) is 9.40. The van der Waals surface area contributed by atoms with E-state index >= 15 is 0 Å². The Bertz CT molecular complexity index is 425. The molecule has 0 aliphatic rings. The second kappa shape index (κ2) is 4.42. The Morgan fingerprint density at radius 3 is 2.80 bits per heavy atom. The maximum absolute atomic E-state index is 13.4. The molecule has 2 N–H and O–H groups in total. The summed E-state index contributed by atoms with van der Waals surface area (Å²) in [5.41, 5.74) is 5.46. The number of hydrogen-bond acceptors (Lipinski definition) is 3. The number of halogens is 1. The molecule has 0 unspecified atom stereocenters. The number of benzene rings is 1. The van der Waals surface area contributed by atoms with Gasteiger partial charge in [-0.3, -0.25) is 4.79 Å². The van der Waals surface area contributed by atoms with Gasteiger partial charge in [0.25, 0.3) is 0 Å². The van der Waals surface area contributed by atoms with Crippen molar-refractivity contribution in [3.63, 3.8) is 0 Å². The smallest absolute Gasteiger partial charge is 0.236 e. The van der Waals surface area contributed by atoms with Crippen LogP contribution in [-0.2, 0) is 4.79 Å². The topological polar surface area (TPSA) is 70.1 Å². The predicted octanol–water partition coefficient (Wildman–Crippen LogP) is 0.619. The molecular formula is C10H10FN3O. The fourth-order valence-electron chi connectivity index (χ4n) is 1.20. The fourth-order valence-corrected chi connectivity index (χ4v) is 1.20. The van der Waals surface area contributed by atoms with Gasteiger partial charge < -0.3 is 10.6 Å². The third kappa shape index (κ3) is 2.68. The van der Waals surface area contributed by atoms with E-state index in [-0.39, 0.29) is 17.8 Å². The van der Waals surface area contributed by atoms with Gasteiger partial charge in [0.05, 0.1) is 23.9 Å². The summed E-state index contributed by atoms with van der Waals surface area (Å²) in [6.45, 7) is -0.0666. The average molecular weight is 207 g/mol. The standard InChI is InChI=1S/C10H10FN3O/c1-14(6-10(13)15)9-3-2-7(5-12)4-8(9)11/h2-4H,6H2,1H3,(H2,13,15). The van der Waals surface area contributed by atoms with E-state index in [0.717, 1.165) is 6.07 Å². The molecule has 0 bridgehead atoms. The summed E-state index contributed by atoms with van der Waals surface area (Å²) >= 11 is 0. The number of hydrogen-bond donors (Lipinski definition) is 1. The van der Waals surface area contributed by atoms with Crippen LogP contribution in [0, 0.1) is 17.1 Å². The lowest BCUT2D eigenvalue weighted by atomic mass is 10.2. The molecular weight excluding hydrogens is 197 g/mol. The van der Waals surface area contributed by atoms with Crippen LogP contribution in [-0.4, -0.2) is 19.5 Å². The first-order valence-corrected chi connectivity index (χ1v) is 4.23. The molecule has 78 valence electrons. The summed E-state index contributed by atoms with van der Waals surface area (Å²) in [7, 11) is 1.55.